The summed E-state index contributed by atoms with van der Waals surface area (Å²) in [5.41, 5.74) is 0. The lowest BCUT2D eigenvalue weighted by atomic mass is 10.1. The molecule has 86 valence electrons. The monoisotopic (exact) mass is 227 g/mol. The molecule has 3 nitrogen and oxygen atoms in total. The Morgan fingerprint density at radius 2 is 2.13 bits per heavy atom. The van der Waals surface area contributed by atoms with Gasteiger partial charge in [-0.2, -0.15) is 4.37 Å². The molecule has 0 saturated heterocycles. The van der Waals surface area contributed by atoms with Crippen molar-refractivity contribution in [1.82, 2.24) is 9.36 Å². The third-order valence-electron chi connectivity index (χ3n) is 2.27. The van der Waals surface area contributed by atoms with Crippen molar-refractivity contribution in [2.45, 2.75) is 46.5 Å². The van der Waals surface area contributed by atoms with Crippen molar-refractivity contribution >= 4 is 16.7 Å². The number of unbranched alkanes of at least 4 members (excludes halogenated alkanes) is 1. The van der Waals surface area contributed by atoms with Gasteiger partial charge in [0.2, 0.25) is 5.13 Å². The molecule has 0 spiro atoms. The van der Waals surface area contributed by atoms with Crippen LogP contribution in [0.3, 0.4) is 0 Å². The van der Waals surface area contributed by atoms with Crippen LogP contribution in [-0.2, 0) is 6.42 Å². The van der Waals surface area contributed by atoms with Gasteiger partial charge >= 0.3 is 0 Å². The molecule has 0 amide bonds. The Labute approximate surface area is 96.5 Å². The molecule has 15 heavy (non-hydrogen) atoms. The van der Waals surface area contributed by atoms with Gasteiger partial charge in [0.25, 0.3) is 0 Å². The minimum absolute atomic E-state index is 0.818. The van der Waals surface area contributed by atoms with Gasteiger partial charge in [-0.05, 0) is 12.3 Å². The molecule has 4 heteroatoms. The largest absolute Gasteiger partial charge is 0.360 e. The van der Waals surface area contributed by atoms with E-state index in [4.69, 9.17) is 0 Å². The average Bonchev–Trinajstić information content (AvgIpc) is 2.65. The van der Waals surface area contributed by atoms with Crippen LogP contribution in [0.4, 0.5) is 5.13 Å². The van der Waals surface area contributed by atoms with Crippen LogP contribution in [0, 0.1) is 5.92 Å². The molecule has 1 heterocycles. The highest BCUT2D eigenvalue weighted by atomic mass is 32.1. The molecule has 0 aliphatic rings. The van der Waals surface area contributed by atoms with Crippen molar-refractivity contribution in [1.29, 1.82) is 0 Å². The summed E-state index contributed by atoms with van der Waals surface area (Å²) in [4.78, 5) is 4.36. The van der Waals surface area contributed by atoms with Gasteiger partial charge in [-0.25, -0.2) is 4.98 Å². The predicted molar refractivity (Wildman–Crippen MR) is 66.5 cm³/mol. The maximum absolute atomic E-state index is 4.36. The highest BCUT2D eigenvalue weighted by Crippen LogP contribution is 2.12. The van der Waals surface area contributed by atoms with Crippen LogP contribution in [0.15, 0.2) is 0 Å². The van der Waals surface area contributed by atoms with Crippen molar-refractivity contribution in [3.05, 3.63) is 5.82 Å². The summed E-state index contributed by atoms with van der Waals surface area (Å²) in [5.74, 6) is 1.77. The Kier molecular flexibility index (Phi) is 5.61. The summed E-state index contributed by atoms with van der Waals surface area (Å²) in [5, 5.41) is 4.29. The van der Waals surface area contributed by atoms with Gasteiger partial charge in [-0.3, -0.25) is 0 Å². The van der Waals surface area contributed by atoms with Crippen LogP contribution in [0.2, 0.25) is 0 Å². The van der Waals surface area contributed by atoms with Crippen LogP contribution in [0.5, 0.6) is 0 Å². The summed E-state index contributed by atoms with van der Waals surface area (Å²) in [7, 11) is 0. The van der Waals surface area contributed by atoms with E-state index in [-0.39, 0.29) is 0 Å². The SMILES string of the molecule is CCc1nsc(NCCCCC(C)C)n1. The fraction of sp³-hybridized carbons (Fsp3) is 0.818. The van der Waals surface area contributed by atoms with Crippen molar-refractivity contribution in [2.24, 2.45) is 5.92 Å². The van der Waals surface area contributed by atoms with E-state index in [1.807, 2.05) is 0 Å². The van der Waals surface area contributed by atoms with E-state index >= 15 is 0 Å². The topological polar surface area (TPSA) is 37.8 Å². The van der Waals surface area contributed by atoms with Crippen molar-refractivity contribution in [2.75, 3.05) is 11.9 Å². The molecule has 0 atom stereocenters. The van der Waals surface area contributed by atoms with Crippen LogP contribution >= 0.6 is 11.5 Å². The Balaban J connectivity index is 2.09. The number of anilines is 1. The van der Waals surface area contributed by atoms with E-state index < -0.39 is 0 Å². The zero-order valence-electron chi connectivity index (χ0n) is 9.92. The Hall–Kier alpha value is -0.640. The van der Waals surface area contributed by atoms with Crippen molar-refractivity contribution < 1.29 is 0 Å². The molecule has 0 saturated carbocycles. The third kappa shape index (κ3) is 5.11. The molecule has 1 aromatic rings. The van der Waals surface area contributed by atoms with Crippen LogP contribution in [0.1, 0.15) is 45.9 Å². The molecule has 0 aliphatic heterocycles. The first-order valence-electron chi connectivity index (χ1n) is 5.78. The minimum atomic E-state index is 0.818. The van der Waals surface area contributed by atoms with Crippen molar-refractivity contribution in [3.63, 3.8) is 0 Å². The van der Waals surface area contributed by atoms with Gasteiger partial charge in [0.15, 0.2) is 0 Å². The lowest BCUT2D eigenvalue weighted by molar-refractivity contribution is 0.545. The van der Waals surface area contributed by atoms with E-state index in [1.54, 1.807) is 0 Å². The highest BCUT2D eigenvalue weighted by molar-refractivity contribution is 7.09. The summed E-state index contributed by atoms with van der Waals surface area (Å²) in [6.07, 6.45) is 4.76. The van der Waals surface area contributed by atoms with E-state index in [9.17, 15) is 0 Å². The predicted octanol–water partition coefficient (Wildman–Crippen LogP) is 3.34. The number of hydrogen-bond donors (Lipinski definition) is 1. The molecular formula is C11H21N3S. The highest BCUT2D eigenvalue weighted by Gasteiger charge is 2.00. The van der Waals surface area contributed by atoms with Crippen LogP contribution in [-0.4, -0.2) is 15.9 Å². The number of aromatic nitrogens is 2. The Bertz CT molecular complexity index is 271. The molecule has 1 aromatic heterocycles. The second-order valence-electron chi connectivity index (χ2n) is 4.19. The molecule has 1 rings (SSSR count). The maximum atomic E-state index is 4.36. The molecular weight excluding hydrogens is 206 g/mol. The Morgan fingerprint density at radius 1 is 1.33 bits per heavy atom. The quantitative estimate of drug-likeness (QED) is 0.726. The van der Waals surface area contributed by atoms with E-state index in [0.717, 1.165) is 29.8 Å². The molecule has 0 bridgehead atoms. The van der Waals surface area contributed by atoms with Gasteiger partial charge in [0, 0.05) is 24.5 Å². The number of rotatable bonds is 7. The van der Waals surface area contributed by atoms with Crippen molar-refractivity contribution in [3.8, 4) is 0 Å². The average molecular weight is 227 g/mol. The van der Waals surface area contributed by atoms with Gasteiger partial charge in [-0.15, -0.1) is 0 Å². The summed E-state index contributed by atoms with van der Waals surface area (Å²) < 4.78 is 4.23. The molecule has 0 radical (unpaired) electrons. The molecule has 0 fully saturated rings. The molecule has 0 aromatic carbocycles. The van der Waals surface area contributed by atoms with Gasteiger partial charge in [0.05, 0.1) is 0 Å². The van der Waals surface area contributed by atoms with Gasteiger partial charge in [-0.1, -0.05) is 33.6 Å². The first kappa shape index (κ1) is 12.4. The number of aryl methyl sites for hydroxylation is 1. The Morgan fingerprint density at radius 3 is 2.73 bits per heavy atom. The summed E-state index contributed by atoms with van der Waals surface area (Å²) >= 11 is 1.47. The van der Waals surface area contributed by atoms with Crippen LogP contribution < -0.4 is 5.32 Å². The van der Waals surface area contributed by atoms with E-state index in [2.05, 4.69) is 35.4 Å². The fourth-order valence-electron chi connectivity index (χ4n) is 1.34. The lowest BCUT2D eigenvalue weighted by Crippen LogP contribution is -2.01. The lowest BCUT2D eigenvalue weighted by Gasteiger charge is -2.04. The smallest absolute Gasteiger partial charge is 0.202 e. The molecule has 1 N–H and O–H groups in total. The van der Waals surface area contributed by atoms with Crippen LogP contribution in [0.25, 0.3) is 0 Å². The molecule has 0 aliphatic carbocycles. The number of nitrogens with zero attached hydrogens (tertiary/aromatic N) is 2. The van der Waals surface area contributed by atoms with Gasteiger partial charge < -0.3 is 5.32 Å². The number of nitrogens with one attached hydrogen (secondary N) is 1. The van der Waals surface area contributed by atoms with Gasteiger partial charge in [0.1, 0.15) is 5.82 Å². The first-order chi connectivity index (χ1) is 7.22. The summed E-state index contributed by atoms with van der Waals surface area (Å²) in [6, 6.07) is 0. The second kappa shape index (κ2) is 6.77. The first-order valence-corrected chi connectivity index (χ1v) is 6.56. The number of hydrogen-bond acceptors (Lipinski definition) is 4. The standard InChI is InChI=1S/C11H21N3S/c1-4-10-13-11(15-14-10)12-8-6-5-7-9(2)3/h9H,4-8H2,1-3H3,(H,12,13,14). The fourth-order valence-corrected chi connectivity index (χ4v) is 2.02. The minimum Gasteiger partial charge on any atom is -0.360 e. The zero-order valence-corrected chi connectivity index (χ0v) is 10.7. The second-order valence-corrected chi connectivity index (χ2v) is 4.94. The normalized spacial score (nSPS) is 10.9. The van der Waals surface area contributed by atoms with E-state index in [0.29, 0.717) is 0 Å². The summed E-state index contributed by atoms with van der Waals surface area (Å²) in [6.45, 7) is 7.64. The van der Waals surface area contributed by atoms with E-state index in [1.165, 1.54) is 30.8 Å². The maximum Gasteiger partial charge on any atom is 0.202 e. The zero-order chi connectivity index (χ0) is 11.1. The third-order valence-corrected chi connectivity index (χ3v) is 2.98. The molecule has 0 unspecified atom stereocenters.